The second kappa shape index (κ2) is 3.87. The monoisotopic (exact) mass is 231 g/mol. The second-order valence-corrected chi connectivity index (χ2v) is 4.73. The number of sulfone groups is 1. The predicted molar refractivity (Wildman–Crippen MR) is 52.1 cm³/mol. The Morgan fingerprint density at radius 1 is 1.40 bits per heavy atom. The van der Waals surface area contributed by atoms with E-state index in [9.17, 15) is 13.2 Å². The van der Waals surface area contributed by atoms with Crippen molar-refractivity contribution in [3.63, 3.8) is 0 Å². The van der Waals surface area contributed by atoms with Gasteiger partial charge in [-0.3, -0.25) is 0 Å². The molecule has 0 fully saturated rings. The third-order valence-corrected chi connectivity index (χ3v) is 3.11. The molecule has 0 unspecified atom stereocenters. The van der Waals surface area contributed by atoms with Gasteiger partial charge in [0.2, 0.25) is 9.84 Å². The molecule has 1 rings (SSSR count). The number of aromatic carboxylic acids is 1. The van der Waals surface area contributed by atoms with Gasteiger partial charge in [-0.05, 0) is 18.2 Å². The standard InChI is InChI=1S/C8H9NO5S/c9-5-1-2-7(15(13,14)4-10)6(3-5)8(11)12/h1-3,10H,4,9H2,(H,11,12). The highest BCUT2D eigenvalue weighted by atomic mass is 32.2. The molecule has 15 heavy (non-hydrogen) atoms. The number of carboxylic acids is 1. The zero-order valence-electron chi connectivity index (χ0n) is 7.54. The van der Waals surface area contributed by atoms with Crippen LogP contribution in [-0.4, -0.2) is 30.5 Å². The summed E-state index contributed by atoms with van der Waals surface area (Å²) in [6.45, 7) is 0. The summed E-state index contributed by atoms with van der Waals surface area (Å²) in [5.74, 6) is -2.55. The van der Waals surface area contributed by atoms with Crippen LogP contribution in [0.15, 0.2) is 23.1 Å². The van der Waals surface area contributed by atoms with Gasteiger partial charge in [0.25, 0.3) is 0 Å². The maximum Gasteiger partial charge on any atom is 0.337 e. The minimum Gasteiger partial charge on any atom is -0.478 e. The number of hydrogen-bond acceptors (Lipinski definition) is 5. The first-order valence-electron chi connectivity index (χ1n) is 3.85. The van der Waals surface area contributed by atoms with E-state index in [0.717, 1.165) is 12.1 Å². The minimum atomic E-state index is -3.97. The zero-order chi connectivity index (χ0) is 11.6. The Balaban J connectivity index is 3.49. The molecule has 0 radical (unpaired) electrons. The Morgan fingerprint density at radius 2 is 2.00 bits per heavy atom. The van der Waals surface area contributed by atoms with Crippen molar-refractivity contribution < 1.29 is 23.4 Å². The fourth-order valence-electron chi connectivity index (χ4n) is 1.06. The van der Waals surface area contributed by atoms with Gasteiger partial charge in [0.1, 0.15) is 5.94 Å². The van der Waals surface area contributed by atoms with Gasteiger partial charge in [-0.2, -0.15) is 0 Å². The van der Waals surface area contributed by atoms with Crippen molar-refractivity contribution in [2.24, 2.45) is 0 Å². The molecule has 0 saturated carbocycles. The fourth-order valence-corrected chi connectivity index (χ4v) is 1.95. The highest BCUT2D eigenvalue weighted by molar-refractivity contribution is 7.91. The van der Waals surface area contributed by atoms with Crippen LogP contribution in [0.1, 0.15) is 10.4 Å². The minimum absolute atomic E-state index is 0.143. The summed E-state index contributed by atoms with van der Waals surface area (Å²) in [5, 5.41) is 17.4. The first-order chi connectivity index (χ1) is 6.88. The smallest absolute Gasteiger partial charge is 0.337 e. The largest absolute Gasteiger partial charge is 0.478 e. The molecule has 0 heterocycles. The molecule has 4 N–H and O–H groups in total. The number of rotatable bonds is 3. The molecule has 0 amide bonds. The fraction of sp³-hybridized carbons (Fsp3) is 0.125. The average molecular weight is 231 g/mol. The quantitative estimate of drug-likeness (QED) is 0.614. The topological polar surface area (TPSA) is 118 Å². The molecule has 1 aromatic rings. The lowest BCUT2D eigenvalue weighted by Gasteiger charge is -2.05. The number of benzene rings is 1. The van der Waals surface area contributed by atoms with Crippen LogP contribution < -0.4 is 5.73 Å². The molecule has 7 heteroatoms. The lowest BCUT2D eigenvalue weighted by atomic mass is 10.2. The van der Waals surface area contributed by atoms with Gasteiger partial charge in [-0.15, -0.1) is 0 Å². The Morgan fingerprint density at radius 3 is 2.47 bits per heavy atom. The van der Waals surface area contributed by atoms with E-state index in [4.69, 9.17) is 15.9 Å². The number of nitrogen functional groups attached to an aromatic ring is 1. The number of carbonyl (C=O) groups is 1. The van der Waals surface area contributed by atoms with Crippen LogP contribution >= 0.6 is 0 Å². The zero-order valence-corrected chi connectivity index (χ0v) is 8.36. The first kappa shape index (κ1) is 11.5. The number of nitrogens with two attached hydrogens (primary N) is 1. The molecule has 0 atom stereocenters. The van der Waals surface area contributed by atoms with E-state index in [-0.39, 0.29) is 5.69 Å². The summed E-state index contributed by atoms with van der Waals surface area (Å²) in [6.07, 6.45) is 0. The number of anilines is 1. The Bertz CT molecular complexity index is 494. The molecular weight excluding hydrogens is 222 g/mol. The highest BCUT2D eigenvalue weighted by Gasteiger charge is 2.21. The SMILES string of the molecule is Nc1ccc(S(=O)(=O)CO)c(C(=O)O)c1. The van der Waals surface area contributed by atoms with Crippen molar-refractivity contribution in [2.45, 2.75) is 4.90 Å². The molecule has 0 saturated heterocycles. The molecule has 1 aromatic carbocycles. The summed E-state index contributed by atoms with van der Waals surface area (Å²) in [4.78, 5) is 10.3. The number of aliphatic hydroxyl groups is 1. The predicted octanol–water partition coefficient (Wildman–Crippen LogP) is -0.309. The van der Waals surface area contributed by atoms with Crippen LogP contribution in [0.3, 0.4) is 0 Å². The van der Waals surface area contributed by atoms with Gasteiger partial charge in [-0.25, -0.2) is 13.2 Å². The van der Waals surface area contributed by atoms with Crippen LogP contribution in [0, 0.1) is 0 Å². The molecule has 0 aliphatic rings. The molecular formula is C8H9NO5S. The third-order valence-electron chi connectivity index (χ3n) is 1.74. The van der Waals surface area contributed by atoms with E-state index in [1.807, 2.05) is 0 Å². The van der Waals surface area contributed by atoms with Crippen molar-refractivity contribution in [3.8, 4) is 0 Å². The Kier molecular flexibility index (Phi) is 2.96. The van der Waals surface area contributed by atoms with Gasteiger partial charge in [-0.1, -0.05) is 0 Å². The van der Waals surface area contributed by atoms with Crippen LogP contribution in [0.25, 0.3) is 0 Å². The summed E-state index contributed by atoms with van der Waals surface area (Å²) in [6, 6.07) is 3.35. The van der Waals surface area contributed by atoms with Crippen molar-refractivity contribution in [1.29, 1.82) is 0 Å². The van der Waals surface area contributed by atoms with Gasteiger partial charge in [0, 0.05) is 5.69 Å². The maximum atomic E-state index is 11.3. The van der Waals surface area contributed by atoms with Gasteiger partial charge in [0.15, 0.2) is 0 Å². The summed E-state index contributed by atoms with van der Waals surface area (Å²) in [7, 11) is -3.97. The summed E-state index contributed by atoms with van der Waals surface area (Å²) >= 11 is 0. The highest BCUT2D eigenvalue weighted by Crippen LogP contribution is 2.19. The van der Waals surface area contributed by atoms with Crippen LogP contribution in [-0.2, 0) is 9.84 Å². The van der Waals surface area contributed by atoms with E-state index in [2.05, 4.69) is 0 Å². The van der Waals surface area contributed by atoms with Gasteiger partial charge < -0.3 is 15.9 Å². The van der Waals surface area contributed by atoms with E-state index < -0.39 is 32.2 Å². The van der Waals surface area contributed by atoms with Crippen LogP contribution in [0.4, 0.5) is 5.69 Å². The van der Waals surface area contributed by atoms with Gasteiger partial charge >= 0.3 is 5.97 Å². The van der Waals surface area contributed by atoms with E-state index in [0.29, 0.717) is 0 Å². The lowest BCUT2D eigenvalue weighted by Crippen LogP contribution is -2.12. The molecule has 0 aliphatic heterocycles. The van der Waals surface area contributed by atoms with E-state index in [1.54, 1.807) is 0 Å². The van der Waals surface area contributed by atoms with E-state index in [1.165, 1.54) is 6.07 Å². The Labute approximate surface area is 85.9 Å². The molecule has 0 aromatic heterocycles. The average Bonchev–Trinajstić information content (AvgIpc) is 2.17. The van der Waals surface area contributed by atoms with Crippen molar-refractivity contribution in [3.05, 3.63) is 23.8 Å². The molecule has 6 nitrogen and oxygen atoms in total. The normalized spacial score (nSPS) is 11.3. The van der Waals surface area contributed by atoms with Gasteiger partial charge in [0.05, 0.1) is 10.5 Å². The lowest BCUT2D eigenvalue weighted by molar-refractivity contribution is 0.0692. The first-order valence-corrected chi connectivity index (χ1v) is 5.50. The Hall–Kier alpha value is -1.60. The maximum absolute atomic E-state index is 11.3. The van der Waals surface area contributed by atoms with Crippen molar-refractivity contribution in [1.82, 2.24) is 0 Å². The van der Waals surface area contributed by atoms with Crippen LogP contribution in [0.5, 0.6) is 0 Å². The van der Waals surface area contributed by atoms with Crippen LogP contribution in [0.2, 0.25) is 0 Å². The molecule has 0 bridgehead atoms. The third kappa shape index (κ3) is 2.25. The summed E-state index contributed by atoms with van der Waals surface area (Å²) in [5.41, 5.74) is 5.03. The van der Waals surface area contributed by atoms with E-state index >= 15 is 0 Å². The number of hydrogen-bond donors (Lipinski definition) is 3. The van der Waals surface area contributed by atoms with Crippen molar-refractivity contribution in [2.75, 3.05) is 11.7 Å². The number of carboxylic acid groups (broad SMARTS) is 1. The molecule has 0 aliphatic carbocycles. The second-order valence-electron chi connectivity index (χ2n) is 2.80. The summed E-state index contributed by atoms with van der Waals surface area (Å²) < 4.78 is 22.6. The number of aliphatic hydroxyl groups excluding tert-OH is 1. The van der Waals surface area contributed by atoms with Crippen molar-refractivity contribution >= 4 is 21.5 Å². The molecule has 0 spiro atoms. The molecule has 82 valence electrons.